The van der Waals surface area contributed by atoms with Crippen LogP contribution in [0.2, 0.25) is 0 Å². The number of fused-ring (bicyclic) bond motifs is 1. The maximum Gasteiger partial charge on any atom is 0.107 e. The minimum Gasteiger partial charge on any atom is -0.302 e. The molecular weight excluding hydrogens is 242 g/mol. The van der Waals surface area contributed by atoms with E-state index in [0.29, 0.717) is 6.04 Å². The third-order valence-electron chi connectivity index (χ3n) is 3.36. The first kappa shape index (κ1) is 11.8. The van der Waals surface area contributed by atoms with Crippen LogP contribution in [0.25, 0.3) is 0 Å². The van der Waals surface area contributed by atoms with Crippen molar-refractivity contribution in [3.63, 3.8) is 0 Å². The molecule has 2 heterocycles. The Morgan fingerprint density at radius 3 is 3.28 bits per heavy atom. The lowest BCUT2D eigenvalue weighted by Crippen LogP contribution is -2.25. The first-order chi connectivity index (χ1) is 8.83. The Labute approximate surface area is 111 Å². The number of aryl methyl sites for hydroxylation is 2. The molecule has 1 atom stereocenters. The van der Waals surface area contributed by atoms with Crippen LogP contribution in [-0.4, -0.2) is 9.97 Å². The molecule has 3 rings (SSSR count). The van der Waals surface area contributed by atoms with Crippen molar-refractivity contribution in [3.05, 3.63) is 45.7 Å². The lowest BCUT2D eigenvalue weighted by Gasteiger charge is -2.24. The fourth-order valence-electron chi connectivity index (χ4n) is 2.50. The summed E-state index contributed by atoms with van der Waals surface area (Å²) < 4.78 is 0. The third kappa shape index (κ3) is 2.44. The zero-order chi connectivity index (χ0) is 12.4. The zero-order valence-corrected chi connectivity index (χ0v) is 11.3. The topological polar surface area (TPSA) is 37.8 Å². The maximum absolute atomic E-state index is 4.54. The second-order valence-electron chi connectivity index (χ2n) is 4.76. The van der Waals surface area contributed by atoms with Crippen LogP contribution in [0, 0.1) is 6.92 Å². The highest BCUT2D eigenvalue weighted by Gasteiger charge is 2.20. The predicted molar refractivity (Wildman–Crippen MR) is 73.6 cm³/mol. The molecule has 0 amide bonds. The summed E-state index contributed by atoms with van der Waals surface area (Å²) in [6.45, 7) is 2.89. The molecule has 0 aliphatic heterocycles. The number of pyridine rings is 1. The van der Waals surface area contributed by atoms with E-state index in [1.807, 2.05) is 19.2 Å². The molecule has 0 saturated heterocycles. The molecule has 0 saturated carbocycles. The molecule has 1 unspecified atom stereocenters. The van der Waals surface area contributed by atoms with Crippen molar-refractivity contribution in [3.8, 4) is 0 Å². The number of rotatable bonds is 3. The molecule has 1 aliphatic rings. The van der Waals surface area contributed by atoms with Gasteiger partial charge in [-0.2, -0.15) is 0 Å². The van der Waals surface area contributed by atoms with Crippen LogP contribution in [0.1, 0.15) is 40.8 Å². The Hall–Kier alpha value is -1.26. The predicted octanol–water partition coefficient (Wildman–Crippen LogP) is 3.01. The summed E-state index contributed by atoms with van der Waals surface area (Å²) in [6, 6.07) is 4.62. The highest BCUT2D eigenvalue weighted by Crippen LogP contribution is 2.27. The number of nitrogens with zero attached hydrogens (tertiary/aromatic N) is 2. The molecule has 0 aromatic carbocycles. The van der Waals surface area contributed by atoms with Gasteiger partial charge in [0.15, 0.2) is 0 Å². The van der Waals surface area contributed by atoms with E-state index in [0.717, 1.165) is 23.7 Å². The average molecular weight is 259 g/mol. The fourth-order valence-corrected chi connectivity index (χ4v) is 3.23. The molecular formula is C14H17N3S. The van der Waals surface area contributed by atoms with E-state index in [-0.39, 0.29) is 0 Å². The summed E-state index contributed by atoms with van der Waals surface area (Å²) in [4.78, 5) is 9.03. The molecule has 3 nitrogen and oxygen atoms in total. The van der Waals surface area contributed by atoms with Gasteiger partial charge in [-0.15, -0.1) is 11.3 Å². The molecule has 18 heavy (non-hydrogen) atoms. The highest BCUT2D eigenvalue weighted by molar-refractivity contribution is 7.09. The van der Waals surface area contributed by atoms with E-state index in [2.05, 4.69) is 26.7 Å². The van der Waals surface area contributed by atoms with E-state index in [1.54, 1.807) is 11.3 Å². The quantitative estimate of drug-likeness (QED) is 0.920. The monoisotopic (exact) mass is 259 g/mol. The van der Waals surface area contributed by atoms with Crippen LogP contribution >= 0.6 is 11.3 Å². The van der Waals surface area contributed by atoms with Gasteiger partial charge in [0.2, 0.25) is 0 Å². The van der Waals surface area contributed by atoms with Crippen LogP contribution in [-0.2, 0) is 13.0 Å². The van der Waals surface area contributed by atoms with Gasteiger partial charge in [0.25, 0.3) is 0 Å². The van der Waals surface area contributed by atoms with Gasteiger partial charge in [-0.1, -0.05) is 6.07 Å². The molecule has 1 N–H and O–H groups in total. The van der Waals surface area contributed by atoms with Gasteiger partial charge in [0.1, 0.15) is 5.01 Å². The summed E-state index contributed by atoms with van der Waals surface area (Å²) in [6.07, 6.45) is 5.48. The second-order valence-corrected chi connectivity index (χ2v) is 5.70. The SMILES string of the molecule is Cc1csc(CNC2CCCc3cccnc32)n1. The van der Waals surface area contributed by atoms with Gasteiger partial charge < -0.3 is 5.32 Å². The lowest BCUT2D eigenvalue weighted by atomic mass is 9.92. The number of hydrogen-bond acceptors (Lipinski definition) is 4. The van der Waals surface area contributed by atoms with Crippen LogP contribution in [0.5, 0.6) is 0 Å². The number of hydrogen-bond donors (Lipinski definition) is 1. The molecule has 0 fully saturated rings. The van der Waals surface area contributed by atoms with Crippen molar-refractivity contribution in [1.29, 1.82) is 0 Å². The minimum absolute atomic E-state index is 0.388. The van der Waals surface area contributed by atoms with Crippen molar-refractivity contribution in [2.45, 2.75) is 38.8 Å². The summed E-state index contributed by atoms with van der Waals surface area (Å²) in [5.41, 5.74) is 3.74. The van der Waals surface area contributed by atoms with E-state index in [1.165, 1.54) is 24.1 Å². The van der Waals surface area contributed by atoms with Crippen LogP contribution in [0.3, 0.4) is 0 Å². The Kier molecular flexibility index (Phi) is 3.39. The summed E-state index contributed by atoms with van der Waals surface area (Å²) in [5, 5.41) is 6.86. The molecule has 1 aliphatic carbocycles. The van der Waals surface area contributed by atoms with Gasteiger partial charge in [0, 0.05) is 23.8 Å². The van der Waals surface area contributed by atoms with Gasteiger partial charge in [-0.05, 0) is 37.8 Å². The van der Waals surface area contributed by atoms with Gasteiger partial charge >= 0.3 is 0 Å². The molecule has 2 aromatic rings. The first-order valence-electron chi connectivity index (χ1n) is 6.41. The molecule has 94 valence electrons. The Morgan fingerprint density at radius 2 is 2.44 bits per heavy atom. The van der Waals surface area contributed by atoms with E-state index >= 15 is 0 Å². The van der Waals surface area contributed by atoms with E-state index in [9.17, 15) is 0 Å². The largest absolute Gasteiger partial charge is 0.302 e. The van der Waals surface area contributed by atoms with Gasteiger partial charge in [0.05, 0.1) is 11.7 Å². The Balaban J connectivity index is 1.71. The summed E-state index contributed by atoms with van der Waals surface area (Å²) in [7, 11) is 0. The third-order valence-corrected chi connectivity index (χ3v) is 4.33. The van der Waals surface area contributed by atoms with Crippen molar-refractivity contribution < 1.29 is 0 Å². The Bertz CT molecular complexity index is 535. The van der Waals surface area contributed by atoms with E-state index < -0.39 is 0 Å². The second kappa shape index (κ2) is 5.16. The smallest absolute Gasteiger partial charge is 0.107 e. The van der Waals surface area contributed by atoms with Crippen molar-refractivity contribution >= 4 is 11.3 Å². The highest BCUT2D eigenvalue weighted by atomic mass is 32.1. The minimum atomic E-state index is 0.388. The molecule has 4 heteroatoms. The van der Waals surface area contributed by atoms with E-state index in [4.69, 9.17) is 0 Å². The van der Waals surface area contributed by atoms with Crippen LogP contribution < -0.4 is 5.32 Å². The number of thiazole rings is 1. The summed E-state index contributed by atoms with van der Waals surface area (Å²) >= 11 is 1.73. The van der Waals surface area contributed by atoms with Crippen LogP contribution in [0.15, 0.2) is 23.7 Å². The van der Waals surface area contributed by atoms with Crippen LogP contribution in [0.4, 0.5) is 0 Å². The van der Waals surface area contributed by atoms with Crippen molar-refractivity contribution in [2.24, 2.45) is 0 Å². The molecule has 2 aromatic heterocycles. The average Bonchev–Trinajstić information content (AvgIpc) is 2.82. The van der Waals surface area contributed by atoms with Gasteiger partial charge in [-0.25, -0.2) is 4.98 Å². The van der Waals surface area contributed by atoms with Gasteiger partial charge in [-0.3, -0.25) is 4.98 Å². The molecule has 0 spiro atoms. The Morgan fingerprint density at radius 1 is 1.50 bits per heavy atom. The molecule has 0 radical (unpaired) electrons. The summed E-state index contributed by atoms with van der Waals surface area (Å²) in [5.74, 6) is 0. The number of aromatic nitrogens is 2. The molecule has 0 bridgehead atoms. The number of nitrogens with one attached hydrogen (secondary N) is 1. The first-order valence-corrected chi connectivity index (χ1v) is 7.29. The normalized spacial score (nSPS) is 18.6. The fraction of sp³-hybridized carbons (Fsp3) is 0.429. The van der Waals surface area contributed by atoms with Crippen molar-refractivity contribution in [1.82, 2.24) is 15.3 Å². The lowest BCUT2D eigenvalue weighted by molar-refractivity contribution is 0.447. The van der Waals surface area contributed by atoms with Crippen molar-refractivity contribution in [2.75, 3.05) is 0 Å². The standard InChI is InChI=1S/C14H17N3S/c1-10-9-18-13(17-10)8-16-12-6-2-4-11-5-3-7-15-14(11)12/h3,5,7,9,12,16H,2,4,6,8H2,1H3. The zero-order valence-electron chi connectivity index (χ0n) is 10.5. The maximum atomic E-state index is 4.54.